The first-order chi connectivity index (χ1) is 17.7. The second-order valence-electron chi connectivity index (χ2n) is 9.95. The van der Waals surface area contributed by atoms with Crippen LogP contribution in [0.1, 0.15) is 49.6 Å². The number of carbonyl (C=O) groups is 1. The van der Waals surface area contributed by atoms with Gasteiger partial charge in [0.1, 0.15) is 17.8 Å². The number of fused-ring (bicyclic) bond motifs is 5. The molecule has 11 heteroatoms. The van der Waals surface area contributed by atoms with Gasteiger partial charge in [-0.1, -0.05) is 24.9 Å². The van der Waals surface area contributed by atoms with Gasteiger partial charge in [-0.3, -0.25) is 0 Å². The van der Waals surface area contributed by atoms with Gasteiger partial charge in [-0.15, -0.1) is 5.10 Å². The lowest BCUT2D eigenvalue weighted by Gasteiger charge is -2.37. The van der Waals surface area contributed by atoms with Crippen molar-refractivity contribution in [2.75, 3.05) is 5.32 Å². The predicted octanol–water partition coefficient (Wildman–Crippen LogP) is 3.78. The molecule has 9 nitrogen and oxygen atoms in total. The summed E-state index contributed by atoms with van der Waals surface area (Å²) < 4.78 is 29.0. The Morgan fingerprint density at radius 2 is 1.95 bits per heavy atom. The number of primary amides is 1. The molecule has 2 bridgehead atoms. The van der Waals surface area contributed by atoms with Gasteiger partial charge in [0, 0.05) is 6.20 Å². The van der Waals surface area contributed by atoms with Crippen LogP contribution in [0.25, 0.3) is 22.6 Å². The fraction of sp³-hybridized carbons (Fsp3) is 0.269. The molecule has 6 rings (SSSR count). The maximum atomic E-state index is 14.5. The second kappa shape index (κ2) is 8.05. The van der Waals surface area contributed by atoms with Crippen LogP contribution in [0, 0.1) is 17.0 Å². The number of rotatable bonds is 4. The van der Waals surface area contributed by atoms with Crippen LogP contribution in [0.3, 0.4) is 0 Å². The summed E-state index contributed by atoms with van der Waals surface area (Å²) in [6.45, 7) is 4.36. The van der Waals surface area contributed by atoms with Crippen molar-refractivity contribution < 1.29 is 18.6 Å². The van der Waals surface area contributed by atoms with E-state index in [1.54, 1.807) is 24.7 Å². The number of anilines is 1. The standard InChI is InChI=1S/C26H22F2N8O/c1-25(2)15-6-8-26(25,21-14(15)10-18(35-36-21)20-16(27)4-3-5-17(20)28)19-7-9-30-22(33-19)13-11-31-24(32-12-13)34-23(29)37/h3-5,7,9-12,15H,6,8H2,1-2H3,(H3,29,31,32,34,37)/p+1/t15-,26-/m0/s1. The highest BCUT2D eigenvalue weighted by Gasteiger charge is 2.65. The molecule has 0 unspecified atom stereocenters. The number of nitrogens with one attached hydrogen (secondary N) is 2. The minimum Gasteiger partial charge on any atom is -0.338 e. The van der Waals surface area contributed by atoms with Crippen molar-refractivity contribution in [3.8, 4) is 22.6 Å². The van der Waals surface area contributed by atoms with Gasteiger partial charge in [-0.05, 0) is 54.0 Å². The van der Waals surface area contributed by atoms with Gasteiger partial charge in [0.2, 0.25) is 0 Å². The molecule has 0 saturated heterocycles. The number of nitrogens with zero attached hydrogens (tertiary/aromatic N) is 5. The van der Waals surface area contributed by atoms with E-state index >= 15 is 0 Å². The summed E-state index contributed by atoms with van der Waals surface area (Å²) in [7, 11) is 0. The molecule has 3 aromatic heterocycles. The number of amides is 2. The van der Waals surface area contributed by atoms with Crippen LogP contribution in [-0.2, 0) is 5.41 Å². The van der Waals surface area contributed by atoms with E-state index < -0.39 is 23.1 Å². The summed E-state index contributed by atoms with van der Waals surface area (Å²) >= 11 is 0. The van der Waals surface area contributed by atoms with Crippen molar-refractivity contribution in [3.05, 3.63) is 77.5 Å². The molecule has 4 aromatic rings. The molecule has 2 amide bonds. The van der Waals surface area contributed by atoms with Gasteiger partial charge in [-0.2, -0.15) is 10.4 Å². The van der Waals surface area contributed by atoms with E-state index in [4.69, 9.17) is 10.7 Å². The monoisotopic (exact) mass is 501 g/mol. The third-order valence-corrected chi connectivity index (χ3v) is 7.89. The van der Waals surface area contributed by atoms with Crippen molar-refractivity contribution in [1.82, 2.24) is 25.1 Å². The molecule has 2 aliphatic carbocycles. The zero-order chi connectivity index (χ0) is 25.9. The van der Waals surface area contributed by atoms with E-state index in [9.17, 15) is 13.6 Å². The summed E-state index contributed by atoms with van der Waals surface area (Å²) in [5.41, 5.74) is 7.47. The van der Waals surface area contributed by atoms with Gasteiger partial charge in [0.05, 0.1) is 39.8 Å². The molecule has 1 fully saturated rings. The van der Waals surface area contributed by atoms with E-state index in [1.807, 2.05) is 6.07 Å². The number of carbonyl (C=O) groups excluding carboxylic acids is 1. The van der Waals surface area contributed by atoms with Crippen LogP contribution in [0.2, 0.25) is 0 Å². The van der Waals surface area contributed by atoms with Crippen LogP contribution in [0.15, 0.2) is 48.9 Å². The lowest BCUT2D eigenvalue weighted by Crippen LogP contribution is -2.38. The lowest BCUT2D eigenvalue weighted by atomic mass is 9.66. The number of benzene rings is 1. The smallest absolute Gasteiger partial charge is 0.338 e. The quantitative estimate of drug-likeness (QED) is 0.437. The first-order valence-corrected chi connectivity index (χ1v) is 11.8. The van der Waals surface area contributed by atoms with Crippen molar-refractivity contribution >= 4 is 12.0 Å². The van der Waals surface area contributed by atoms with Crippen LogP contribution in [0.4, 0.5) is 19.5 Å². The Morgan fingerprint density at radius 1 is 1.16 bits per heavy atom. The molecule has 186 valence electrons. The number of aromatic nitrogens is 6. The normalized spacial score (nSPS) is 21.0. The molecule has 3 heterocycles. The lowest BCUT2D eigenvalue weighted by molar-refractivity contribution is -0.363. The summed E-state index contributed by atoms with van der Waals surface area (Å²) in [5, 5.41) is 11.2. The highest BCUT2D eigenvalue weighted by Crippen LogP contribution is 2.69. The largest absolute Gasteiger partial charge is 0.397 e. The molecular weight excluding hydrogens is 478 g/mol. The van der Waals surface area contributed by atoms with Crippen molar-refractivity contribution in [2.24, 2.45) is 11.1 Å². The van der Waals surface area contributed by atoms with E-state index in [-0.39, 0.29) is 28.5 Å². The van der Waals surface area contributed by atoms with Gasteiger partial charge in [-0.25, -0.2) is 28.5 Å². The zero-order valence-electron chi connectivity index (χ0n) is 20.1. The van der Waals surface area contributed by atoms with Crippen molar-refractivity contribution in [3.63, 3.8) is 0 Å². The highest BCUT2D eigenvalue weighted by molar-refractivity contribution is 5.85. The molecular formula is C26H23F2N8O+. The summed E-state index contributed by atoms with van der Waals surface area (Å²) in [4.78, 5) is 27.4. The van der Waals surface area contributed by atoms with Crippen LogP contribution >= 0.6 is 0 Å². The number of urea groups is 1. The van der Waals surface area contributed by atoms with Gasteiger partial charge in [0.15, 0.2) is 5.82 Å². The Kier molecular flexibility index (Phi) is 5.01. The molecule has 1 aromatic carbocycles. The van der Waals surface area contributed by atoms with Crippen molar-refractivity contribution in [1.29, 1.82) is 0 Å². The van der Waals surface area contributed by atoms with Crippen LogP contribution < -0.4 is 16.0 Å². The van der Waals surface area contributed by atoms with E-state index in [2.05, 4.69) is 44.3 Å². The molecule has 4 N–H and O–H groups in total. The zero-order valence-corrected chi connectivity index (χ0v) is 20.1. The SMILES string of the molecule is CC1(C)[C@H]2CC[C@]1(c1ccnc(-c3cnc(NC(N)=O)[nH+]c3)n1)c1nnc(-c3c(F)cccc3F)cc12. The molecule has 0 radical (unpaired) electrons. The average molecular weight is 502 g/mol. The molecule has 37 heavy (non-hydrogen) atoms. The van der Waals surface area contributed by atoms with Gasteiger partial charge >= 0.3 is 12.0 Å². The minimum absolute atomic E-state index is 0.124. The number of hydrogen-bond acceptors (Lipinski definition) is 6. The molecule has 0 spiro atoms. The van der Waals surface area contributed by atoms with Crippen LogP contribution in [-0.4, -0.2) is 31.2 Å². The minimum atomic E-state index is -0.728. The highest BCUT2D eigenvalue weighted by atomic mass is 19.1. The Morgan fingerprint density at radius 3 is 2.65 bits per heavy atom. The molecule has 2 aliphatic rings. The fourth-order valence-corrected chi connectivity index (χ4v) is 6.15. The van der Waals surface area contributed by atoms with E-state index in [0.29, 0.717) is 11.4 Å². The average Bonchev–Trinajstić information content (AvgIpc) is 3.25. The second-order valence-corrected chi connectivity index (χ2v) is 9.95. The Labute approximate surface area is 210 Å². The number of hydrogen-bond donors (Lipinski definition) is 2. The third kappa shape index (κ3) is 3.30. The first-order valence-electron chi connectivity index (χ1n) is 11.8. The predicted molar refractivity (Wildman–Crippen MR) is 129 cm³/mol. The number of aromatic amines is 1. The Balaban J connectivity index is 1.45. The third-order valence-electron chi connectivity index (χ3n) is 7.89. The maximum absolute atomic E-state index is 14.5. The maximum Gasteiger partial charge on any atom is 0.397 e. The molecule has 2 atom stereocenters. The van der Waals surface area contributed by atoms with Gasteiger partial charge in [0.25, 0.3) is 0 Å². The molecule has 0 aliphatic heterocycles. The van der Waals surface area contributed by atoms with Crippen LogP contribution in [0.5, 0.6) is 0 Å². The summed E-state index contributed by atoms with van der Waals surface area (Å²) in [6.07, 6.45) is 6.56. The van der Waals surface area contributed by atoms with Crippen molar-refractivity contribution in [2.45, 2.75) is 38.0 Å². The number of nitrogens with two attached hydrogens (primary N) is 1. The van der Waals surface area contributed by atoms with E-state index in [1.165, 1.54) is 18.2 Å². The number of H-pyrrole nitrogens is 1. The fourth-order valence-electron chi connectivity index (χ4n) is 6.15. The summed E-state index contributed by atoms with van der Waals surface area (Å²) in [5.74, 6) is -0.567. The Bertz CT molecular complexity index is 1540. The topological polar surface area (TPSA) is 134 Å². The van der Waals surface area contributed by atoms with E-state index in [0.717, 1.165) is 29.8 Å². The molecule has 1 saturated carbocycles. The number of halogens is 2. The Hall–Kier alpha value is -4.41. The van der Waals surface area contributed by atoms with Gasteiger partial charge < -0.3 is 5.73 Å². The first kappa shape index (κ1) is 23.0. The summed E-state index contributed by atoms with van der Waals surface area (Å²) in [6, 6.07) is 6.70.